The molecule has 0 aromatic carbocycles. The summed E-state index contributed by atoms with van der Waals surface area (Å²) >= 11 is 0. The molecule has 67 heavy (non-hydrogen) atoms. The maximum absolute atomic E-state index is 14.5. The molecule has 14 atom stereocenters. The monoisotopic (exact) mass is 948 g/mol. The predicted octanol–water partition coefficient (Wildman–Crippen LogP) is 6.16. The maximum atomic E-state index is 14.5. The highest BCUT2D eigenvalue weighted by atomic mass is 16.7. The molecule has 3 heterocycles. The minimum absolute atomic E-state index is 0. The third-order valence-electron chi connectivity index (χ3n) is 14.5. The summed E-state index contributed by atoms with van der Waals surface area (Å²) in [4.78, 5) is 71.0. The number of cyclic esters (lactones) is 1. The second-order valence-electron chi connectivity index (χ2n) is 19.7. The number of Topliss-reactive ketones (excluding diaryl/α,β-unsaturated/α-hetero) is 3. The van der Waals surface area contributed by atoms with E-state index in [1.54, 1.807) is 27.9 Å². The van der Waals surface area contributed by atoms with E-state index in [-0.39, 0.29) is 69.3 Å². The first-order valence-corrected chi connectivity index (χ1v) is 24.4. The molecule has 0 unspecified atom stereocenters. The van der Waals surface area contributed by atoms with Crippen LogP contribution in [0.3, 0.4) is 0 Å². The van der Waals surface area contributed by atoms with Crippen molar-refractivity contribution in [2.75, 3.05) is 34.5 Å². The Bertz CT molecular complexity index is 1710. The van der Waals surface area contributed by atoms with E-state index in [4.69, 9.17) is 28.8 Å². The van der Waals surface area contributed by atoms with E-state index in [0.717, 1.165) is 5.57 Å². The average Bonchev–Trinajstić information content (AvgIpc) is 3.29. The number of carbonyl (C=O) groups is 5. The second kappa shape index (κ2) is 27.9. The molecule has 2 bridgehead atoms. The molecule has 1 saturated carbocycles. The van der Waals surface area contributed by atoms with Crippen molar-refractivity contribution in [3.63, 3.8) is 0 Å². The number of hydrogen-bond donors (Lipinski definition) is 4. The Morgan fingerprint density at radius 2 is 1.57 bits per heavy atom. The summed E-state index contributed by atoms with van der Waals surface area (Å²) in [5.74, 6) is -8.02. The van der Waals surface area contributed by atoms with Crippen LogP contribution in [0, 0.1) is 29.6 Å². The van der Waals surface area contributed by atoms with Crippen LogP contribution < -0.4 is 0 Å². The number of ketones is 3. The third-order valence-corrected chi connectivity index (χ3v) is 14.5. The third kappa shape index (κ3) is 15.9. The van der Waals surface area contributed by atoms with E-state index in [2.05, 4.69) is 0 Å². The molecule has 15 nitrogen and oxygen atoms in total. The smallest absolute Gasteiger partial charge is 0.329 e. The number of aliphatic hydroxyl groups is 4. The number of unbranched alkanes of at least 4 members (excludes halogenated alkanes) is 1. The molecule has 382 valence electrons. The van der Waals surface area contributed by atoms with Crippen LogP contribution in [0.15, 0.2) is 35.5 Å². The fourth-order valence-corrected chi connectivity index (χ4v) is 10.4. The maximum Gasteiger partial charge on any atom is 0.329 e. The van der Waals surface area contributed by atoms with E-state index < -0.39 is 83.9 Å². The summed E-state index contributed by atoms with van der Waals surface area (Å²) in [6.45, 7) is 9.24. The normalized spacial score (nSPS) is 36.6. The molecule has 15 heteroatoms. The van der Waals surface area contributed by atoms with Crippen molar-refractivity contribution in [2.45, 2.75) is 199 Å². The lowest BCUT2D eigenvalue weighted by Gasteiger charge is -2.47. The standard InChI is InChI=1S/C51H81NO14.CH4/c1-31-24-32(2)26-44(63-7)47-45(64-8)28-34(4)51(61,66-47)48(58)49(59)52-22-14-12-19-39(52)50(60)65-46(33(3)27-36-20-21-40(55)43(29-36)62-6)35(5)41(56)30-42(57)37(25-31)16-10-9-11-17-38(54)18-13-15-23-53;/h9-10,25,27,32,34-37,39-41,43-47,53,55-56,61H,11-24,26,28-30H2,1-8H3;1H4/b10-9+,31-25+,33-27+;/t32-,34+,35+,36-,37+,39-,40+,41-,43+,44-,45-,46+,47+,51+;/m0./s1. The van der Waals surface area contributed by atoms with Crippen LogP contribution in [0.5, 0.6) is 0 Å². The van der Waals surface area contributed by atoms with E-state index in [9.17, 15) is 39.3 Å². The van der Waals surface area contributed by atoms with Gasteiger partial charge in [-0.25, -0.2) is 4.79 Å². The van der Waals surface area contributed by atoms with Gasteiger partial charge in [-0.05, 0) is 115 Å². The van der Waals surface area contributed by atoms with Gasteiger partial charge in [-0.2, -0.15) is 0 Å². The van der Waals surface area contributed by atoms with Gasteiger partial charge in [0.15, 0.2) is 0 Å². The first-order chi connectivity index (χ1) is 31.4. The van der Waals surface area contributed by atoms with Gasteiger partial charge >= 0.3 is 5.97 Å². The number of nitrogens with zero attached hydrogens (tertiary/aromatic N) is 1. The SMILES string of the molecule is C.CO[C@H]1C[C@@H](C)C/C(C)=C/[C@@H](C/C=C/CCC(=O)CCCCO)C(=O)C[C@H](O)[C@@H](C)[C@@H](/C(C)=C/[C@@H]2CC[C@@H](O)[C@H](OC)C2)OC(=O)[C@@H]2CCCCN2C(=O)C(=O)[C@]2(O)O[C@H]1[C@@H](OC)C[C@H]2C. The highest BCUT2D eigenvalue weighted by molar-refractivity contribution is 6.39. The van der Waals surface area contributed by atoms with Gasteiger partial charge in [-0.15, -0.1) is 0 Å². The topological polar surface area (TPSA) is 216 Å². The molecular weight excluding hydrogens is 863 g/mol. The van der Waals surface area contributed by atoms with E-state index in [1.807, 2.05) is 38.2 Å². The summed E-state index contributed by atoms with van der Waals surface area (Å²) in [7, 11) is 4.59. The van der Waals surface area contributed by atoms with Crippen molar-refractivity contribution in [3.05, 3.63) is 35.5 Å². The van der Waals surface area contributed by atoms with Crippen molar-refractivity contribution in [3.8, 4) is 0 Å². The zero-order valence-corrected chi connectivity index (χ0v) is 40.9. The number of fused-ring (bicyclic) bond motifs is 3. The lowest BCUT2D eigenvalue weighted by Crippen LogP contribution is -2.64. The van der Waals surface area contributed by atoms with Crippen LogP contribution in [0.2, 0.25) is 0 Å². The Balaban J connectivity index is 0.0000119. The first-order valence-electron chi connectivity index (χ1n) is 24.4. The average molecular weight is 948 g/mol. The zero-order valence-electron chi connectivity index (χ0n) is 40.9. The highest BCUT2D eigenvalue weighted by Gasteiger charge is 2.56. The fraction of sp³-hybridized carbons (Fsp3) is 0.788. The summed E-state index contributed by atoms with van der Waals surface area (Å²) in [5.41, 5.74) is 1.55. The zero-order chi connectivity index (χ0) is 48.7. The lowest BCUT2D eigenvalue weighted by molar-refractivity contribution is -0.302. The molecule has 0 aromatic rings. The number of piperidine rings is 1. The Morgan fingerprint density at radius 1 is 0.881 bits per heavy atom. The van der Waals surface area contributed by atoms with Gasteiger partial charge in [0.25, 0.3) is 11.7 Å². The number of rotatable bonds is 14. The van der Waals surface area contributed by atoms with Gasteiger partial charge in [-0.3, -0.25) is 19.2 Å². The Hall–Kier alpha value is -3.15. The van der Waals surface area contributed by atoms with Crippen LogP contribution in [-0.2, 0) is 47.7 Å². The molecule has 2 saturated heterocycles. The highest BCUT2D eigenvalue weighted by Crippen LogP contribution is 2.39. The van der Waals surface area contributed by atoms with Crippen LogP contribution in [0.25, 0.3) is 0 Å². The Morgan fingerprint density at radius 3 is 2.24 bits per heavy atom. The first kappa shape index (κ1) is 58.2. The van der Waals surface area contributed by atoms with Gasteiger partial charge < -0.3 is 49.0 Å². The molecule has 0 aromatic heterocycles. The molecule has 1 amide bonds. The van der Waals surface area contributed by atoms with Gasteiger partial charge in [0.05, 0.1) is 30.5 Å². The van der Waals surface area contributed by atoms with Gasteiger partial charge in [0.1, 0.15) is 29.8 Å². The van der Waals surface area contributed by atoms with Crippen LogP contribution in [0.1, 0.15) is 145 Å². The summed E-state index contributed by atoms with van der Waals surface area (Å²) < 4.78 is 30.0. The van der Waals surface area contributed by atoms with Crippen LogP contribution in [0.4, 0.5) is 0 Å². The van der Waals surface area contributed by atoms with Crippen LogP contribution in [-0.4, -0.2) is 144 Å². The van der Waals surface area contributed by atoms with Crippen LogP contribution >= 0.6 is 0 Å². The number of amides is 1. The summed E-state index contributed by atoms with van der Waals surface area (Å²) in [6, 6.07) is -1.18. The molecule has 3 aliphatic heterocycles. The van der Waals surface area contributed by atoms with Crippen molar-refractivity contribution < 1.29 is 68.1 Å². The number of aliphatic hydroxyl groups excluding tert-OH is 3. The van der Waals surface area contributed by atoms with E-state index in [0.29, 0.717) is 89.0 Å². The number of ether oxygens (including phenoxy) is 5. The molecular formula is C52H85NO14. The van der Waals surface area contributed by atoms with Crippen molar-refractivity contribution in [1.29, 1.82) is 0 Å². The Kier molecular flexibility index (Phi) is 24.2. The molecule has 4 aliphatic rings. The molecule has 1 aliphatic carbocycles. The molecule has 3 fully saturated rings. The molecule has 0 radical (unpaired) electrons. The van der Waals surface area contributed by atoms with E-state index in [1.165, 1.54) is 19.1 Å². The Labute approximate surface area is 400 Å². The van der Waals surface area contributed by atoms with Crippen molar-refractivity contribution in [1.82, 2.24) is 4.90 Å². The van der Waals surface area contributed by atoms with Gasteiger partial charge in [0.2, 0.25) is 5.79 Å². The van der Waals surface area contributed by atoms with Gasteiger partial charge in [0, 0.05) is 71.5 Å². The van der Waals surface area contributed by atoms with Crippen molar-refractivity contribution >= 4 is 29.2 Å². The van der Waals surface area contributed by atoms with Crippen molar-refractivity contribution in [2.24, 2.45) is 29.6 Å². The van der Waals surface area contributed by atoms with Gasteiger partial charge in [-0.1, -0.05) is 58.1 Å². The predicted molar refractivity (Wildman–Crippen MR) is 253 cm³/mol. The largest absolute Gasteiger partial charge is 0.456 e. The number of esters is 1. The molecule has 0 spiro atoms. The second-order valence-corrected chi connectivity index (χ2v) is 19.7. The molecule has 4 N–H and O–H groups in total. The number of carbonyl (C=O) groups excluding carboxylic acids is 5. The fourth-order valence-electron chi connectivity index (χ4n) is 10.4. The van der Waals surface area contributed by atoms with E-state index >= 15 is 0 Å². The lowest BCUT2D eigenvalue weighted by atomic mass is 9.81. The minimum Gasteiger partial charge on any atom is -0.456 e. The summed E-state index contributed by atoms with van der Waals surface area (Å²) in [5, 5.41) is 43.6. The number of methoxy groups -OCH3 is 3. The summed E-state index contributed by atoms with van der Waals surface area (Å²) in [6.07, 6.45) is 8.92. The minimum atomic E-state index is -2.54. The number of hydrogen-bond acceptors (Lipinski definition) is 14. The number of allylic oxidation sites excluding steroid dienone is 5. The quantitative estimate of drug-likeness (QED) is 0.0665. The molecule has 4 rings (SSSR count).